The van der Waals surface area contributed by atoms with Crippen LogP contribution in [-0.4, -0.2) is 15.6 Å². The summed E-state index contributed by atoms with van der Waals surface area (Å²) in [6.07, 6.45) is 6.42. The lowest BCUT2D eigenvalue weighted by Crippen LogP contribution is -2.40. The summed E-state index contributed by atoms with van der Waals surface area (Å²) in [6.45, 7) is 0. The molecule has 1 aromatic heterocycles. The molecule has 2 aromatic carbocycles. The zero-order valence-electron chi connectivity index (χ0n) is 14.7. The molecule has 2 aliphatic rings. The molecule has 1 atom stereocenters. The molecule has 0 saturated heterocycles. The molecule has 0 amide bonds. The molecule has 0 unspecified atom stereocenters. The first-order valence-corrected chi connectivity index (χ1v) is 9.27. The number of benzene rings is 2. The van der Waals surface area contributed by atoms with Gasteiger partial charge in [0, 0.05) is 17.4 Å². The second-order valence-corrected chi connectivity index (χ2v) is 7.46. The zero-order valence-corrected chi connectivity index (χ0v) is 14.7. The van der Waals surface area contributed by atoms with E-state index in [0.29, 0.717) is 22.5 Å². The first-order chi connectivity index (χ1) is 13.1. The lowest BCUT2D eigenvalue weighted by atomic mass is 9.86. The van der Waals surface area contributed by atoms with Gasteiger partial charge in [-0.25, -0.2) is 18.7 Å². The van der Waals surface area contributed by atoms with E-state index in [1.807, 2.05) is 0 Å². The smallest absolute Gasteiger partial charge is 0.137 e. The molecular formula is C21H19F2N3O. The van der Waals surface area contributed by atoms with Crippen molar-refractivity contribution >= 4 is 16.7 Å². The van der Waals surface area contributed by atoms with Crippen molar-refractivity contribution in [1.29, 1.82) is 0 Å². The number of nitrogens with one attached hydrogen (secondary N) is 1. The highest BCUT2D eigenvalue weighted by Gasteiger charge is 2.43. The van der Waals surface area contributed by atoms with Crippen molar-refractivity contribution in [1.82, 2.24) is 9.97 Å². The third-order valence-corrected chi connectivity index (χ3v) is 5.67. The van der Waals surface area contributed by atoms with Crippen LogP contribution in [0.2, 0.25) is 0 Å². The minimum absolute atomic E-state index is 0.163. The maximum Gasteiger partial charge on any atom is 0.137 e. The van der Waals surface area contributed by atoms with Gasteiger partial charge >= 0.3 is 0 Å². The molecule has 1 fully saturated rings. The third kappa shape index (κ3) is 2.89. The second kappa shape index (κ2) is 6.15. The fraction of sp³-hybridized carbons (Fsp3) is 0.333. The third-order valence-electron chi connectivity index (χ3n) is 5.67. The second-order valence-electron chi connectivity index (χ2n) is 7.46. The van der Waals surface area contributed by atoms with Crippen molar-refractivity contribution in [3.05, 3.63) is 59.9 Å². The molecule has 2 heterocycles. The van der Waals surface area contributed by atoms with E-state index in [1.54, 1.807) is 12.1 Å². The highest BCUT2D eigenvalue weighted by atomic mass is 19.1. The molecule has 1 aliphatic heterocycles. The van der Waals surface area contributed by atoms with Crippen molar-refractivity contribution in [3.8, 4) is 5.75 Å². The highest BCUT2D eigenvalue weighted by Crippen LogP contribution is 2.48. The Balaban J connectivity index is 1.58. The molecular weight excluding hydrogens is 348 g/mol. The Labute approximate surface area is 155 Å². The fourth-order valence-electron chi connectivity index (χ4n) is 4.40. The summed E-state index contributed by atoms with van der Waals surface area (Å²) < 4.78 is 34.0. The predicted molar refractivity (Wildman–Crippen MR) is 98.7 cm³/mol. The van der Waals surface area contributed by atoms with Gasteiger partial charge in [-0.2, -0.15) is 0 Å². The van der Waals surface area contributed by atoms with E-state index in [9.17, 15) is 8.78 Å². The number of halogens is 2. The van der Waals surface area contributed by atoms with Gasteiger partial charge in [-0.1, -0.05) is 0 Å². The average molecular weight is 367 g/mol. The number of aromatic nitrogens is 2. The van der Waals surface area contributed by atoms with Gasteiger partial charge in [0.25, 0.3) is 0 Å². The standard InChI is InChI=1S/C21H19F2N3O/c22-13-3-5-17-16(10-13)20(25-12-24-17)26-18-11-21(7-1-2-8-21)27-19-6-4-14(23)9-15(18)19/h3-6,9-10,12,18H,1-2,7-8,11H2,(H,24,25,26)/t18-/m1/s1. The van der Waals surface area contributed by atoms with Gasteiger partial charge in [0.05, 0.1) is 11.6 Å². The molecule has 0 bridgehead atoms. The molecule has 4 nitrogen and oxygen atoms in total. The zero-order chi connectivity index (χ0) is 18.4. The molecule has 5 rings (SSSR count). The Morgan fingerprint density at radius 3 is 2.63 bits per heavy atom. The van der Waals surface area contributed by atoms with E-state index in [0.717, 1.165) is 37.7 Å². The maximum absolute atomic E-state index is 13.9. The van der Waals surface area contributed by atoms with Crippen LogP contribution in [0.25, 0.3) is 10.9 Å². The summed E-state index contributed by atoms with van der Waals surface area (Å²) in [5.41, 5.74) is 1.21. The van der Waals surface area contributed by atoms with Crippen LogP contribution in [0.5, 0.6) is 5.75 Å². The van der Waals surface area contributed by atoms with Crippen LogP contribution in [-0.2, 0) is 0 Å². The molecule has 138 valence electrons. The summed E-state index contributed by atoms with van der Waals surface area (Å²) in [7, 11) is 0. The van der Waals surface area contributed by atoms with E-state index in [1.165, 1.54) is 30.6 Å². The Morgan fingerprint density at radius 1 is 1.00 bits per heavy atom. The molecule has 6 heteroatoms. The van der Waals surface area contributed by atoms with Gasteiger partial charge in [0.2, 0.25) is 0 Å². The number of nitrogens with zero attached hydrogens (tertiary/aromatic N) is 2. The van der Waals surface area contributed by atoms with E-state index in [2.05, 4.69) is 15.3 Å². The molecule has 1 N–H and O–H groups in total. The van der Waals surface area contributed by atoms with Gasteiger partial charge in [0.1, 0.15) is 35.1 Å². The maximum atomic E-state index is 13.9. The van der Waals surface area contributed by atoms with Crippen LogP contribution >= 0.6 is 0 Å². The van der Waals surface area contributed by atoms with Gasteiger partial charge in [-0.15, -0.1) is 0 Å². The van der Waals surface area contributed by atoms with E-state index in [-0.39, 0.29) is 23.3 Å². The molecule has 27 heavy (non-hydrogen) atoms. The van der Waals surface area contributed by atoms with Crippen LogP contribution < -0.4 is 10.1 Å². The molecule has 1 spiro atoms. The summed E-state index contributed by atoms with van der Waals surface area (Å²) in [5.74, 6) is 0.623. The fourth-order valence-corrected chi connectivity index (χ4v) is 4.40. The van der Waals surface area contributed by atoms with Crippen LogP contribution in [0.3, 0.4) is 0 Å². The Kier molecular flexibility index (Phi) is 3.74. The van der Waals surface area contributed by atoms with E-state index in [4.69, 9.17) is 4.74 Å². The van der Waals surface area contributed by atoms with Crippen LogP contribution in [0, 0.1) is 11.6 Å². The van der Waals surface area contributed by atoms with Gasteiger partial charge in [-0.3, -0.25) is 0 Å². The lowest BCUT2D eigenvalue weighted by Gasteiger charge is -2.40. The summed E-state index contributed by atoms with van der Waals surface area (Å²) >= 11 is 0. The number of fused-ring (bicyclic) bond motifs is 2. The normalized spacial score (nSPS) is 20.4. The van der Waals surface area contributed by atoms with Gasteiger partial charge in [-0.05, 0) is 62.1 Å². The SMILES string of the molecule is Fc1ccc2c(c1)[C@H](Nc1ncnc3ccc(F)cc13)CC1(CCCC1)O2. The minimum atomic E-state index is -0.342. The first-order valence-electron chi connectivity index (χ1n) is 9.27. The number of rotatable bonds is 2. The van der Waals surface area contributed by atoms with E-state index < -0.39 is 0 Å². The predicted octanol–water partition coefficient (Wildman–Crippen LogP) is 5.16. The van der Waals surface area contributed by atoms with Crippen LogP contribution in [0.4, 0.5) is 14.6 Å². The molecule has 1 saturated carbocycles. The highest BCUT2D eigenvalue weighted by molar-refractivity contribution is 5.89. The van der Waals surface area contributed by atoms with Crippen molar-refractivity contribution in [2.75, 3.05) is 5.32 Å². The van der Waals surface area contributed by atoms with Crippen molar-refractivity contribution in [3.63, 3.8) is 0 Å². The first kappa shape index (κ1) is 16.4. The molecule has 1 aliphatic carbocycles. The Hall–Kier alpha value is -2.76. The summed E-state index contributed by atoms with van der Waals surface area (Å²) in [6, 6.07) is 8.92. The number of hydrogen-bond donors (Lipinski definition) is 1. The van der Waals surface area contributed by atoms with Crippen molar-refractivity contribution in [2.45, 2.75) is 43.7 Å². The quantitative estimate of drug-likeness (QED) is 0.680. The largest absolute Gasteiger partial charge is 0.487 e. The monoisotopic (exact) mass is 367 g/mol. The summed E-state index contributed by atoms with van der Waals surface area (Å²) in [5, 5.41) is 4.03. The minimum Gasteiger partial charge on any atom is -0.487 e. The average Bonchev–Trinajstić information content (AvgIpc) is 3.10. The topological polar surface area (TPSA) is 47.0 Å². The summed E-state index contributed by atoms with van der Waals surface area (Å²) in [4.78, 5) is 8.53. The van der Waals surface area contributed by atoms with Crippen LogP contribution in [0.15, 0.2) is 42.7 Å². The number of hydrogen-bond acceptors (Lipinski definition) is 4. The Morgan fingerprint density at radius 2 is 1.78 bits per heavy atom. The van der Waals surface area contributed by atoms with Gasteiger partial charge in [0.15, 0.2) is 0 Å². The molecule has 3 aromatic rings. The Bertz CT molecular complexity index is 1020. The van der Waals surface area contributed by atoms with Crippen molar-refractivity contribution < 1.29 is 13.5 Å². The van der Waals surface area contributed by atoms with Crippen LogP contribution in [0.1, 0.15) is 43.7 Å². The number of ether oxygens (including phenoxy) is 1. The van der Waals surface area contributed by atoms with Crippen molar-refractivity contribution in [2.24, 2.45) is 0 Å². The number of anilines is 1. The van der Waals surface area contributed by atoms with Gasteiger partial charge < -0.3 is 10.1 Å². The van der Waals surface area contributed by atoms with E-state index >= 15 is 0 Å². The molecule has 0 radical (unpaired) electrons. The lowest BCUT2D eigenvalue weighted by molar-refractivity contribution is 0.0451.